The van der Waals surface area contributed by atoms with Crippen LogP contribution in [-0.2, 0) is 11.3 Å². The number of aliphatic hydroxyl groups is 1. The number of halogens is 2. The average molecular weight is 402 g/mol. The molecule has 7 nitrogen and oxygen atoms in total. The van der Waals surface area contributed by atoms with Crippen molar-refractivity contribution in [2.45, 2.75) is 26.0 Å². The maximum atomic E-state index is 13.5. The molecule has 2 aromatic heterocycles. The van der Waals surface area contributed by atoms with Crippen molar-refractivity contribution < 1.29 is 23.4 Å². The maximum Gasteiger partial charge on any atom is 0.356 e. The number of carbonyl (C=O) groups is 1. The second-order valence-corrected chi connectivity index (χ2v) is 6.33. The Bertz CT molecular complexity index is 1020. The first-order valence-electron chi connectivity index (χ1n) is 8.94. The third kappa shape index (κ3) is 4.75. The molecule has 0 aliphatic rings. The van der Waals surface area contributed by atoms with E-state index in [2.05, 4.69) is 15.4 Å². The van der Waals surface area contributed by atoms with Crippen LogP contribution in [0.2, 0.25) is 0 Å². The fraction of sp³-hybridized carbons (Fsp3) is 0.250. The summed E-state index contributed by atoms with van der Waals surface area (Å²) in [5.41, 5.74) is 1.69. The normalized spacial score (nSPS) is 11.9. The van der Waals surface area contributed by atoms with Crippen LogP contribution < -0.4 is 5.32 Å². The number of aliphatic hydroxyl groups excluding tert-OH is 1. The highest BCUT2D eigenvalue weighted by molar-refractivity contribution is 5.88. The molecule has 0 aliphatic carbocycles. The van der Waals surface area contributed by atoms with Crippen molar-refractivity contribution >= 4 is 17.5 Å². The lowest BCUT2D eigenvalue weighted by Crippen LogP contribution is -2.16. The first-order valence-corrected chi connectivity index (χ1v) is 8.94. The van der Waals surface area contributed by atoms with Gasteiger partial charge in [0.05, 0.1) is 25.5 Å². The van der Waals surface area contributed by atoms with Crippen LogP contribution in [0.5, 0.6) is 0 Å². The molecule has 9 heteroatoms. The summed E-state index contributed by atoms with van der Waals surface area (Å²) < 4.78 is 32.9. The molecule has 2 heterocycles. The van der Waals surface area contributed by atoms with Gasteiger partial charge >= 0.3 is 5.97 Å². The van der Waals surface area contributed by atoms with E-state index in [-0.39, 0.29) is 12.2 Å². The molecule has 0 saturated carbocycles. The number of ether oxygens (including phenoxy) is 1. The molecule has 1 atom stereocenters. The number of hydrogen-bond donors (Lipinski definition) is 2. The van der Waals surface area contributed by atoms with E-state index in [4.69, 9.17) is 4.74 Å². The zero-order valence-electron chi connectivity index (χ0n) is 15.9. The number of nitrogens with one attached hydrogen (secondary N) is 1. The summed E-state index contributed by atoms with van der Waals surface area (Å²) in [6.45, 7) is 2.05. The quantitative estimate of drug-likeness (QED) is 0.588. The summed E-state index contributed by atoms with van der Waals surface area (Å²) in [4.78, 5) is 15.8. The summed E-state index contributed by atoms with van der Waals surface area (Å²) in [5, 5.41) is 17.4. The van der Waals surface area contributed by atoms with Crippen LogP contribution in [0.15, 0.2) is 42.6 Å². The molecule has 0 saturated heterocycles. The molecule has 29 heavy (non-hydrogen) atoms. The summed E-state index contributed by atoms with van der Waals surface area (Å²) in [6.07, 6.45) is 1.36. The lowest BCUT2D eigenvalue weighted by atomic mass is 10.1. The van der Waals surface area contributed by atoms with Crippen molar-refractivity contribution in [3.05, 3.63) is 59.9 Å². The molecule has 0 aliphatic heterocycles. The van der Waals surface area contributed by atoms with Crippen LogP contribution in [0.3, 0.4) is 0 Å². The first kappa shape index (κ1) is 20.4. The van der Waals surface area contributed by atoms with Crippen LogP contribution in [0, 0.1) is 11.6 Å². The topological polar surface area (TPSA) is 89.3 Å². The Balaban J connectivity index is 1.98. The molecule has 0 unspecified atom stereocenters. The molecule has 0 spiro atoms. The predicted octanol–water partition coefficient (Wildman–Crippen LogP) is 3.52. The van der Waals surface area contributed by atoms with E-state index in [0.29, 0.717) is 29.2 Å². The van der Waals surface area contributed by atoms with Crippen molar-refractivity contribution in [1.29, 1.82) is 0 Å². The van der Waals surface area contributed by atoms with Crippen molar-refractivity contribution in [2.75, 3.05) is 12.4 Å². The van der Waals surface area contributed by atoms with Crippen LogP contribution >= 0.6 is 0 Å². The number of hydrogen-bond acceptors (Lipinski definition) is 6. The largest absolute Gasteiger partial charge is 0.464 e. The Hall–Kier alpha value is -3.33. The van der Waals surface area contributed by atoms with Crippen LogP contribution in [0.4, 0.5) is 20.3 Å². The second kappa shape index (κ2) is 8.78. The summed E-state index contributed by atoms with van der Waals surface area (Å²) in [6, 6.07) is 8.36. The molecular formula is C20H20F2N4O3. The highest BCUT2D eigenvalue weighted by Gasteiger charge is 2.16. The van der Waals surface area contributed by atoms with Gasteiger partial charge in [0.15, 0.2) is 17.5 Å². The van der Waals surface area contributed by atoms with E-state index < -0.39 is 23.7 Å². The van der Waals surface area contributed by atoms with Crippen molar-refractivity contribution in [2.24, 2.45) is 0 Å². The van der Waals surface area contributed by atoms with Gasteiger partial charge in [-0.3, -0.25) is 4.68 Å². The minimum absolute atomic E-state index is 0.129. The molecule has 152 valence electrons. The number of rotatable bonds is 7. The van der Waals surface area contributed by atoms with Crippen molar-refractivity contribution in [3.63, 3.8) is 0 Å². The molecular weight excluding hydrogens is 382 g/mol. The van der Waals surface area contributed by atoms with Gasteiger partial charge < -0.3 is 15.2 Å². The van der Waals surface area contributed by atoms with Crippen LogP contribution in [-0.4, -0.2) is 39.1 Å². The smallest absolute Gasteiger partial charge is 0.356 e. The standard InChI is InChI=1S/C20H20F2N4O3/c1-3-14(27)11-26-18(12-6-7-23-17(8-12)20(28)29-2)10-19(25-26)24-13-4-5-15(21)16(22)9-13/h4-10,14,27H,3,11H2,1-2H3,(H,24,25)/t14-/m1/s1. The van der Waals surface area contributed by atoms with Crippen LogP contribution in [0.1, 0.15) is 23.8 Å². The number of nitrogens with zero attached hydrogens (tertiary/aromatic N) is 3. The number of methoxy groups -OCH3 is 1. The van der Waals surface area contributed by atoms with Gasteiger partial charge in [-0.15, -0.1) is 0 Å². The van der Waals surface area contributed by atoms with E-state index in [1.165, 1.54) is 19.4 Å². The lowest BCUT2D eigenvalue weighted by molar-refractivity contribution is 0.0594. The van der Waals surface area contributed by atoms with E-state index in [0.717, 1.165) is 12.1 Å². The number of pyridine rings is 1. The Labute approximate surface area is 166 Å². The molecule has 0 bridgehead atoms. The van der Waals surface area contributed by atoms with Gasteiger partial charge in [0.25, 0.3) is 0 Å². The minimum Gasteiger partial charge on any atom is -0.464 e. The molecule has 0 fully saturated rings. The fourth-order valence-corrected chi connectivity index (χ4v) is 2.71. The van der Waals surface area contributed by atoms with Gasteiger partial charge in [-0.05, 0) is 30.7 Å². The molecule has 0 radical (unpaired) electrons. The lowest BCUT2D eigenvalue weighted by Gasteiger charge is -2.11. The molecule has 1 aromatic carbocycles. The highest BCUT2D eigenvalue weighted by Crippen LogP contribution is 2.26. The average Bonchev–Trinajstić information content (AvgIpc) is 3.12. The molecule has 3 rings (SSSR count). The second-order valence-electron chi connectivity index (χ2n) is 6.33. The van der Waals surface area contributed by atoms with E-state index in [1.54, 1.807) is 22.9 Å². The van der Waals surface area contributed by atoms with E-state index in [1.807, 2.05) is 6.92 Å². The van der Waals surface area contributed by atoms with Gasteiger partial charge in [-0.2, -0.15) is 5.10 Å². The molecule has 2 N–H and O–H groups in total. The Morgan fingerprint density at radius 1 is 1.24 bits per heavy atom. The molecule has 0 amide bonds. The molecule has 3 aromatic rings. The van der Waals surface area contributed by atoms with E-state index >= 15 is 0 Å². The third-order valence-electron chi connectivity index (χ3n) is 4.28. The number of esters is 1. The van der Waals surface area contributed by atoms with Gasteiger partial charge in [0.1, 0.15) is 5.69 Å². The van der Waals surface area contributed by atoms with E-state index in [9.17, 15) is 18.7 Å². The van der Waals surface area contributed by atoms with Gasteiger partial charge in [-0.1, -0.05) is 6.92 Å². The van der Waals surface area contributed by atoms with Crippen molar-refractivity contribution in [3.8, 4) is 11.3 Å². The zero-order valence-corrected chi connectivity index (χ0v) is 15.9. The number of benzene rings is 1. The summed E-state index contributed by atoms with van der Waals surface area (Å²) in [7, 11) is 1.27. The first-order chi connectivity index (χ1) is 13.9. The maximum absolute atomic E-state index is 13.5. The highest BCUT2D eigenvalue weighted by atomic mass is 19.2. The fourth-order valence-electron chi connectivity index (χ4n) is 2.71. The minimum atomic E-state index is -0.979. The van der Waals surface area contributed by atoms with Gasteiger partial charge in [0, 0.05) is 29.6 Å². The number of carbonyl (C=O) groups excluding carboxylic acids is 1. The van der Waals surface area contributed by atoms with Gasteiger partial charge in [0.2, 0.25) is 0 Å². The van der Waals surface area contributed by atoms with Crippen molar-refractivity contribution in [1.82, 2.24) is 14.8 Å². The Morgan fingerprint density at radius 3 is 2.72 bits per heavy atom. The summed E-state index contributed by atoms with van der Waals surface area (Å²) >= 11 is 0. The predicted molar refractivity (Wildman–Crippen MR) is 103 cm³/mol. The number of aromatic nitrogens is 3. The number of anilines is 2. The summed E-state index contributed by atoms with van der Waals surface area (Å²) in [5.74, 6) is -2.13. The third-order valence-corrected chi connectivity index (χ3v) is 4.28. The monoisotopic (exact) mass is 402 g/mol. The SMILES string of the molecule is CC[C@@H](O)Cn1nc(Nc2ccc(F)c(F)c2)cc1-c1ccnc(C(=O)OC)c1. The Morgan fingerprint density at radius 2 is 2.03 bits per heavy atom. The van der Waals surface area contributed by atoms with Gasteiger partial charge in [-0.25, -0.2) is 18.6 Å². The Kier molecular flexibility index (Phi) is 6.18. The zero-order chi connectivity index (χ0) is 21.0. The van der Waals surface area contributed by atoms with Crippen LogP contribution in [0.25, 0.3) is 11.3 Å².